The third kappa shape index (κ3) is 4.81. The van der Waals surface area contributed by atoms with Gasteiger partial charge in [-0.3, -0.25) is 0 Å². The number of alkyl halides is 2. The van der Waals surface area contributed by atoms with Crippen molar-refractivity contribution in [3.05, 3.63) is 36.4 Å². The van der Waals surface area contributed by atoms with Crippen molar-refractivity contribution < 1.29 is 17.2 Å². The Morgan fingerprint density at radius 1 is 1.28 bits per heavy atom. The standard InChI is InChI=1S/C19H20F2N8O2S/c1-32(30,31)26-7-13-4-12(6-22)9-28(10-13)18-5-15(24-11-25-18)16-8-23-17-3-2-14(19(20)21)27-29(16)17/h2-3,5,8,11-13,19,26H,4,7,9-10H2,1H3. The van der Waals surface area contributed by atoms with E-state index >= 15 is 0 Å². The van der Waals surface area contributed by atoms with Crippen molar-refractivity contribution in [1.29, 1.82) is 5.26 Å². The van der Waals surface area contributed by atoms with E-state index < -0.39 is 16.4 Å². The fourth-order valence-corrected chi connectivity index (χ4v) is 4.28. The average Bonchev–Trinajstić information content (AvgIpc) is 3.20. The van der Waals surface area contributed by atoms with Gasteiger partial charge in [0.2, 0.25) is 10.0 Å². The van der Waals surface area contributed by atoms with Crippen LogP contribution in [0, 0.1) is 23.2 Å². The molecule has 1 saturated heterocycles. The number of hydrogen-bond acceptors (Lipinski definition) is 8. The van der Waals surface area contributed by atoms with E-state index in [4.69, 9.17) is 0 Å². The first-order valence-electron chi connectivity index (χ1n) is 9.78. The lowest BCUT2D eigenvalue weighted by Crippen LogP contribution is -2.44. The molecule has 1 aliphatic rings. The second-order valence-electron chi connectivity index (χ2n) is 7.69. The maximum atomic E-state index is 13.1. The lowest BCUT2D eigenvalue weighted by atomic mass is 9.90. The van der Waals surface area contributed by atoms with E-state index in [1.807, 2.05) is 4.90 Å². The Morgan fingerprint density at radius 3 is 2.81 bits per heavy atom. The van der Waals surface area contributed by atoms with Gasteiger partial charge in [0.15, 0.2) is 5.65 Å². The van der Waals surface area contributed by atoms with Gasteiger partial charge in [-0.25, -0.2) is 41.4 Å². The smallest absolute Gasteiger partial charge is 0.282 e. The Labute approximate surface area is 183 Å². The van der Waals surface area contributed by atoms with E-state index in [2.05, 4.69) is 30.8 Å². The molecule has 4 heterocycles. The van der Waals surface area contributed by atoms with Gasteiger partial charge < -0.3 is 4.90 Å². The Bertz CT molecular complexity index is 1270. The number of nitrogens with zero attached hydrogens (tertiary/aromatic N) is 7. The molecular weight excluding hydrogens is 442 g/mol. The van der Waals surface area contributed by atoms with Crippen LogP contribution in [-0.4, -0.2) is 58.9 Å². The molecule has 0 radical (unpaired) electrons. The molecular formula is C19H20F2N8O2S. The predicted molar refractivity (Wildman–Crippen MR) is 111 cm³/mol. The van der Waals surface area contributed by atoms with E-state index in [1.165, 1.54) is 29.2 Å². The molecule has 3 aromatic heterocycles. The molecule has 0 aromatic carbocycles. The number of sulfonamides is 1. The summed E-state index contributed by atoms with van der Waals surface area (Å²) in [5.41, 5.74) is 0.890. The first-order valence-corrected chi connectivity index (χ1v) is 11.7. The number of nitrogens with one attached hydrogen (secondary N) is 1. The monoisotopic (exact) mass is 462 g/mol. The number of anilines is 1. The van der Waals surface area contributed by atoms with Crippen molar-refractivity contribution in [1.82, 2.24) is 29.3 Å². The largest absolute Gasteiger partial charge is 0.355 e. The number of rotatable bonds is 6. The van der Waals surface area contributed by atoms with Crippen LogP contribution in [0.5, 0.6) is 0 Å². The van der Waals surface area contributed by atoms with E-state index in [0.29, 0.717) is 42.4 Å². The highest BCUT2D eigenvalue weighted by Gasteiger charge is 2.29. The van der Waals surface area contributed by atoms with Crippen molar-refractivity contribution in [2.24, 2.45) is 11.8 Å². The summed E-state index contributed by atoms with van der Waals surface area (Å²) in [6, 6.07) is 6.62. The number of aromatic nitrogens is 5. The Hall–Kier alpha value is -3.24. The molecule has 0 bridgehead atoms. The number of imidazole rings is 1. The van der Waals surface area contributed by atoms with Gasteiger partial charge in [-0.05, 0) is 24.5 Å². The number of hydrogen-bond donors (Lipinski definition) is 1. The van der Waals surface area contributed by atoms with Crippen molar-refractivity contribution >= 4 is 21.5 Å². The van der Waals surface area contributed by atoms with E-state index in [0.717, 1.165) is 6.26 Å². The second-order valence-corrected chi connectivity index (χ2v) is 9.52. The van der Waals surface area contributed by atoms with Gasteiger partial charge in [0.1, 0.15) is 23.5 Å². The number of piperidine rings is 1. The van der Waals surface area contributed by atoms with Crippen LogP contribution in [-0.2, 0) is 10.0 Å². The molecule has 4 rings (SSSR count). The molecule has 2 atom stereocenters. The van der Waals surface area contributed by atoms with Crippen LogP contribution >= 0.6 is 0 Å². The van der Waals surface area contributed by atoms with Crippen LogP contribution in [0.15, 0.2) is 30.7 Å². The van der Waals surface area contributed by atoms with Crippen molar-refractivity contribution in [3.8, 4) is 17.5 Å². The summed E-state index contributed by atoms with van der Waals surface area (Å²) >= 11 is 0. The predicted octanol–water partition coefficient (Wildman–Crippen LogP) is 1.64. The topological polar surface area (TPSA) is 129 Å². The van der Waals surface area contributed by atoms with Gasteiger partial charge in [0.05, 0.1) is 30.1 Å². The van der Waals surface area contributed by atoms with Crippen LogP contribution < -0.4 is 9.62 Å². The van der Waals surface area contributed by atoms with Crippen molar-refractivity contribution in [2.45, 2.75) is 12.8 Å². The van der Waals surface area contributed by atoms with Crippen LogP contribution in [0.25, 0.3) is 17.0 Å². The fraction of sp³-hybridized carbons (Fsp3) is 0.421. The summed E-state index contributed by atoms with van der Waals surface area (Å²) in [5, 5.41) is 13.4. The van der Waals surface area contributed by atoms with Gasteiger partial charge in [-0.2, -0.15) is 10.4 Å². The molecule has 1 fully saturated rings. The first-order chi connectivity index (χ1) is 15.2. The summed E-state index contributed by atoms with van der Waals surface area (Å²) in [7, 11) is -3.34. The number of halogens is 2. The normalized spacial score (nSPS) is 19.4. The SMILES string of the molecule is CS(=O)(=O)NCC1CC(C#N)CN(c2cc(-c3cnc4ccc(C(F)F)nn34)ncn2)C1. The van der Waals surface area contributed by atoms with Crippen LogP contribution in [0.2, 0.25) is 0 Å². The molecule has 0 amide bonds. The summed E-state index contributed by atoms with van der Waals surface area (Å²) in [5.74, 6) is 0.173. The van der Waals surface area contributed by atoms with E-state index in [1.54, 1.807) is 6.07 Å². The summed E-state index contributed by atoms with van der Waals surface area (Å²) < 4.78 is 52.9. The Morgan fingerprint density at radius 2 is 2.09 bits per heavy atom. The highest BCUT2D eigenvalue weighted by Crippen LogP contribution is 2.28. The zero-order valence-electron chi connectivity index (χ0n) is 17.1. The van der Waals surface area contributed by atoms with Crippen LogP contribution in [0.1, 0.15) is 18.5 Å². The van der Waals surface area contributed by atoms with Crippen LogP contribution in [0.4, 0.5) is 14.6 Å². The molecule has 3 aromatic rings. The Balaban J connectivity index is 1.63. The number of fused-ring (bicyclic) bond motifs is 1. The molecule has 32 heavy (non-hydrogen) atoms. The van der Waals surface area contributed by atoms with Gasteiger partial charge in [0.25, 0.3) is 6.43 Å². The molecule has 1 aliphatic heterocycles. The Kier molecular flexibility index (Phi) is 5.98. The first kappa shape index (κ1) is 22.0. The molecule has 0 spiro atoms. The fourth-order valence-electron chi connectivity index (χ4n) is 3.74. The maximum Gasteiger partial charge on any atom is 0.282 e. The lowest BCUT2D eigenvalue weighted by Gasteiger charge is -2.36. The van der Waals surface area contributed by atoms with Crippen molar-refractivity contribution in [3.63, 3.8) is 0 Å². The van der Waals surface area contributed by atoms with E-state index in [9.17, 15) is 22.5 Å². The molecule has 13 heteroatoms. The molecule has 168 valence electrons. The number of nitriles is 1. The minimum Gasteiger partial charge on any atom is -0.355 e. The van der Waals surface area contributed by atoms with Gasteiger partial charge in [-0.15, -0.1) is 0 Å². The van der Waals surface area contributed by atoms with E-state index in [-0.39, 0.29) is 24.1 Å². The second kappa shape index (κ2) is 8.71. The minimum absolute atomic E-state index is 0.0763. The highest BCUT2D eigenvalue weighted by atomic mass is 32.2. The third-order valence-electron chi connectivity index (χ3n) is 5.20. The van der Waals surface area contributed by atoms with Gasteiger partial charge in [-0.1, -0.05) is 0 Å². The minimum atomic E-state index is -3.34. The average molecular weight is 462 g/mol. The summed E-state index contributed by atoms with van der Waals surface area (Å²) in [6.45, 7) is 1.15. The van der Waals surface area contributed by atoms with Crippen molar-refractivity contribution in [2.75, 3.05) is 30.8 Å². The summed E-state index contributed by atoms with van der Waals surface area (Å²) in [4.78, 5) is 14.6. The summed E-state index contributed by atoms with van der Waals surface area (Å²) in [6.07, 6.45) is 1.79. The zero-order chi connectivity index (χ0) is 22.9. The zero-order valence-corrected chi connectivity index (χ0v) is 17.9. The highest BCUT2D eigenvalue weighted by molar-refractivity contribution is 7.88. The molecule has 0 saturated carbocycles. The molecule has 1 N–H and O–H groups in total. The maximum absolute atomic E-state index is 13.1. The molecule has 10 nitrogen and oxygen atoms in total. The molecule has 0 aliphatic carbocycles. The third-order valence-corrected chi connectivity index (χ3v) is 5.89. The quantitative estimate of drug-likeness (QED) is 0.585. The van der Waals surface area contributed by atoms with Crippen LogP contribution in [0.3, 0.4) is 0 Å². The van der Waals surface area contributed by atoms with Gasteiger partial charge in [0, 0.05) is 25.7 Å². The molecule has 2 unspecified atom stereocenters. The lowest BCUT2D eigenvalue weighted by molar-refractivity contribution is 0.144. The van der Waals surface area contributed by atoms with Gasteiger partial charge >= 0.3 is 0 Å².